The van der Waals surface area contributed by atoms with Gasteiger partial charge in [-0.25, -0.2) is 9.69 Å². The zero-order valence-corrected chi connectivity index (χ0v) is 13.7. The van der Waals surface area contributed by atoms with Crippen LogP contribution >= 0.6 is 11.3 Å². The Bertz CT molecular complexity index is 947. The van der Waals surface area contributed by atoms with E-state index in [1.54, 1.807) is 31.2 Å². The molecular weight excluding hydrogens is 346 g/mol. The second-order valence-corrected chi connectivity index (χ2v) is 6.27. The number of nitrogens with zero attached hydrogens (tertiary/aromatic N) is 2. The molecule has 1 saturated heterocycles. The van der Waals surface area contributed by atoms with Gasteiger partial charge >= 0.3 is 11.0 Å². The highest BCUT2D eigenvalue weighted by atomic mass is 32.1. The molecule has 2 aromatic rings. The number of imide groups is 2. The predicted molar refractivity (Wildman–Crippen MR) is 91.2 cm³/mol. The number of benzene rings is 1. The lowest BCUT2D eigenvalue weighted by molar-refractivity contribution is -0.380. The Morgan fingerprint density at radius 2 is 1.88 bits per heavy atom. The average molecular weight is 357 g/mol. The lowest BCUT2D eigenvalue weighted by Crippen LogP contribution is -2.54. The number of anilines is 1. The van der Waals surface area contributed by atoms with Crippen LogP contribution in [0.1, 0.15) is 10.4 Å². The first-order valence-electron chi connectivity index (χ1n) is 7.10. The maximum absolute atomic E-state index is 12.7. The Morgan fingerprint density at radius 1 is 1.16 bits per heavy atom. The molecule has 0 bridgehead atoms. The van der Waals surface area contributed by atoms with E-state index < -0.39 is 22.8 Å². The second-order valence-electron chi connectivity index (χ2n) is 5.18. The zero-order valence-electron chi connectivity index (χ0n) is 12.9. The fourth-order valence-corrected chi connectivity index (χ4v) is 3.12. The fourth-order valence-electron chi connectivity index (χ4n) is 2.35. The maximum Gasteiger partial charge on any atom is 0.335 e. The Labute approximate surface area is 145 Å². The van der Waals surface area contributed by atoms with Crippen molar-refractivity contribution in [1.29, 1.82) is 0 Å². The number of rotatable bonds is 3. The molecule has 1 aromatic carbocycles. The van der Waals surface area contributed by atoms with E-state index >= 15 is 0 Å². The number of carbonyl (C=O) groups excluding carboxylic acids is 3. The number of carbonyl (C=O) groups is 3. The molecule has 0 spiro atoms. The molecule has 0 atom stereocenters. The van der Waals surface area contributed by atoms with E-state index in [2.05, 4.69) is 5.32 Å². The van der Waals surface area contributed by atoms with Gasteiger partial charge in [0.05, 0.1) is 10.6 Å². The number of aryl methyl sites for hydroxylation is 1. The molecule has 0 aliphatic carbocycles. The number of thiophene rings is 1. The summed E-state index contributed by atoms with van der Waals surface area (Å²) < 4.78 is 0. The van der Waals surface area contributed by atoms with Crippen LogP contribution in [0.25, 0.3) is 6.08 Å². The van der Waals surface area contributed by atoms with Crippen LogP contribution in [0, 0.1) is 17.0 Å². The number of hydrogen-bond donors (Lipinski definition) is 1. The summed E-state index contributed by atoms with van der Waals surface area (Å²) in [6.45, 7) is 1.73. The van der Waals surface area contributed by atoms with Gasteiger partial charge in [0.25, 0.3) is 11.8 Å². The van der Waals surface area contributed by atoms with E-state index in [-0.39, 0.29) is 10.6 Å². The van der Waals surface area contributed by atoms with Crippen molar-refractivity contribution in [3.05, 3.63) is 62.5 Å². The Morgan fingerprint density at radius 3 is 2.52 bits per heavy atom. The first kappa shape index (κ1) is 16.5. The number of amides is 4. The van der Waals surface area contributed by atoms with Crippen LogP contribution < -0.4 is 10.2 Å². The van der Waals surface area contributed by atoms with E-state index in [1.165, 1.54) is 18.2 Å². The number of nitrogens with one attached hydrogen (secondary N) is 1. The van der Waals surface area contributed by atoms with Crippen molar-refractivity contribution in [1.82, 2.24) is 5.32 Å². The molecule has 0 unspecified atom stereocenters. The predicted octanol–water partition coefficient (Wildman–Crippen LogP) is 2.63. The van der Waals surface area contributed by atoms with Gasteiger partial charge in [-0.2, -0.15) is 0 Å². The molecule has 0 saturated carbocycles. The summed E-state index contributed by atoms with van der Waals surface area (Å²) in [5, 5.41) is 12.8. The van der Waals surface area contributed by atoms with Gasteiger partial charge in [-0.05, 0) is 30.7 Å². The van der Waals surface area contributed by atoms with Crippen molar-refractivity contribution in [2.45, 2.75) is 6.92 Å². The smallest absolute Gasteiger partial charge is 0.273 e. The van der Waals surface area contributed by atoms with Gasteiger partial charge in [0.15, 0.2) is 0 Å². The van der Waals surface area contributed by atoms with Gasteiger partial charge in [-0.3, -0.25) is 25.0 Å². The molecule has 4 amide bonds. The van der Waals surface area contributed by atoms with Crippen molar-refractivity contribution in [2.75, 3.05) is 4.90 Å². The second kappa shape index (κ2) is 6.29. The molecule has 1 fully saturated rings. The molecule has 1 aliphatic rings. The fraction of sp³-hybridized carbons (Fsp3) is 0.0625. The minimum atomic E-state index is -0.837. The van der Waals surface area contributed by atoms with Crippen LogP contribution in [0.5, 0.6) is 0 Å². The van der Waals surface area contributed by atoms with Crippen LogP contribution in [0.4, 0.5) is 15.5 Å². The summed E-state index contributed by atoms with van der Waals surface area (Å²) in [5.41, 5.74) is 0.784. The quantitative estimate of drug-likeness (QED) is 0.393. The van der Waals surface area contributed by atoms with Crippen LogP contribution in [0.15, 0.2) is 42.0 Å². The SMILES string of the molecule is Cc1ccccc1N1C(=O)NC(=O)/C(=C\c2ccc([N+](=O)[O-])s2)C1=O. The van der Waals surface area contributed by atoms with Crippen LogP contribution in [0.2, 0.25) is 0 Å². The van der Waals surface area contributed by atoms with E-state index in [0.717, 1.165) is 16.2 Å². The summed E-state index contributed by atoms with van der Waals surface area (Å²) in [5.74, 6) is -1.62. The molecule has 9 heteroatoms. The highest BCUT2D eigenvalue weighted by molar-refractivity contribution is 7.16. The number of barbiturate groups is 1. The molecule has 3 rings (SSSR count). The summed E-state index contributed by atoms with van der Waals surface area (Å²) in [6.07, 6.45) is 1.24. The number of para-hydroxylation sites is 1. The Balaban J connectivity index is 2.02. The lowest BCUT2D eigenvalue weighted by Gasteiger charge is -2.27. The number of urea groups is 1. The lowest BCUT2D eigenvalue weighted by atomic mass is 10.1. The maximum atomic E-state index is 12.7. The highest BCUT2D eigenvalue weighted by Crippen LogP contribution is 2.28. The summed E-state index contributed by atoms with van der Waals surface area (Å²) in [4.78, 5) is 48.3. The van der Waals surface area contributed by atoms with Crippen molar-refractivity contribution in [3.63, 3.8) is 0 Å². The zero-order chi connectivity index (χ0) is 18.1. The van der Waals surface area contributed by atoms with Crippen LogP contribution in [-0.4, -0.2) is 22.8 Å². The van der Waals surface area contributed by atoms with Gasteiger partial charge in [-0.15, -0.1) is 0 Å². The van der Waals surface area contributed by atoms with E-state index in [1.807, 2.05) is 0 Å². The van der Waals surface area contributed by atoms with Gasteiger partial charge in [0.2, 0.25) is 0 Å². The summed E-state index contributed by atoms with van der Waals surface area (Å²) in [7, 11) is 0. The molecule has 2 heterocycles. The normalized spacial score (nSPS) is 16.3. The number of hydrogen-bond acceptors (Lipinski definition) is 6. The van der Waals surface area contributed by atoms with Crippen molar-refractivity contribution < 1.29 is 19.3 Å². The molecule has 8 nitrogen and oxygen atoms in total. The largest absolute Gasteiger partial charge is 0.335 e. The minimum absolute atomic E-state index is 0.109. The van der Waals surface area contributed by atoms with Gasteiger partial charge in [0.1, 0.15) is 5.57 Å². The van der Waals surface area contributed by atoms with Gasteiger partial charge in [0, 0.05) is 10.9 Å². The third-order valence-electron chi connectivity index (χ3n) is 3.54. The third-order valence-corrected chi connectivity index (χ3v) is 4.52. The van der Waals surface area contributed by atoms with Crippen molar-refractivity contribution in [3.8, 4) is 0 Å². The first-order valence-corrected chi connectivity index (χ1v) is 7.91. The summed E-state index contributed by atoms with van der Waals surface area (Å²) >= 11 is 0.829. The van der Waals surface area contributed by atoms with Gasteiger partial charge in [-0.1, -0.05) is 29.5 Å². The van der Waals surface area contributed by atoms with E-state index in [4.69, 9.17) is 0 Å². The monoisotopic (exact) mass is 357 g/mol. The van der Waals surface area contributed by atoms with Gasteiger partial charge < -0.3 is 0 Å². The molecule has 25 heavy (non-hydrogen) atoms. The molecule has 126 valence electrons. The molecule has 1 N–H and O–H groups in total. The highest BCUT2D eigenvalue weighted by Gasteiger charge is 2.37. The molecule has 1 aromatic heterocycles. The third kappa shape index (κ3) is 3.04. The van der Waals surface area contributed by atoms with Crippen LogP contribution in [-0.2, 0) is 9.59 Å². The Hall–Kier alpha value is -3.33. The number of nitro groups is 1. The average Bonchev–Trinajstić information content (AvgIpc) is 3.02. The van der Waals surface area contributed by atoms with Crippen LogP contribution in [0.3, 0.4) is 0 Å². The first-order chi connectivity index (χ1) is 11.9. The van der Waals surface area contributed by atoms with Crippen molar-refractivity contribution in [2.24, 2.45) is 0 Å². The summed E-state index contributed by atoms with van der Waals surface area (Å²) in [6, 6.07) is 8.65. The topological polar surface area (TPSA) is 110 Å². The molecular formula is C16H11N3O5S. The Kier molecular flexibility index (Phi) is 4.15. The minimum Gasteiger partial charge on any atom is -0.273 e. The van der Waals surface area contributed by atoms with Crippen molar-refractivity contribution >= 4 is 45.9 Å². The standard InChI is InChI=1S/C16H11N3O5S/c1-9-4-2-3-5-12(9)18-15(21)11(14(20)17-16(18)22)8-10-6-7-13(25-10)19(23)24/h2-8H,1H3,(H,17,20,22)/b11-8+. The van der Waals surface area contributed by atoms with E-state index in [9.17, 15) is 24.5 Å². The molecule has 1 aliphatic heterocycles. The van der Waals surface area contributed by atoms with E-state index in [0.29, 0.717) is 16.1 Å². The molecule has 0 radical (unpaired) electrons.